The van der Waals surface area contributed by atoms with Gasteiger partial charge in [-0.1, -0.05) is 40.2 Å². The van der Waals surface area contributed by atoms with E-state index < -0.39 is 6.10 Å². The molecule has 3 heteroatoms. The summed E-state index contributed by atoms with van der Waals surface area (Å²) in [6.45, 7) is 2.02. The third-order valence-electron chi connectivity index (χ3n) is 3.52. The predicted octanol–water partition coefficient (Wildman–Crippen LogP) is 4.38. The van der Waals surface area contributed by atoms with E-state index >= 15 is 0 Å². The first-order valence-electron chi connectivity index (χ1n) is 6.84. The summed E-state index contributed by atoms with van der Waals surface area (Å²) >= 11 is 3.47. The van der Waals surface area contributed by atoms with Gasteiger partial charge in [0.2, 0.25) is 0 Å². The SMILES string of the molecule is Cc1cc(C(O)c2ccc(OC3CC3)cc2)ccc1Br. The molecule has 0 spiro atoms. The van der Waals surface area contributed by atoms with E-state index in [0.29, 0.717) is 6.10 Å². The Morgan fingerprint density at radius 2 is 1.75 bits per heavy atom. The van der Waals surface area contributed by atoms with E-state index in [2.05, 4.69) is 15.9 Å². The standard InChI is InChI=1S/C17H17BrO2/c1-11-10-13(4-9-16(11)18)17(19)12-2-5-14(6-3-12)20-15-7-8-15/h2-6,9-10,15,17,19H,7-8H2,1H3. The van der Waals surface area contributed by atoms with Crippen LogP contribution < -0.4 is 4.74 Å². The summed E-state index contributed by atoms with van der Waals surface area (Å²) in [6, 6.07) is 13.6. The van der Waals surface area contributed by atoms with Gasteiger partial charge >= 0.3 is 0 Å². The van der Waals surface area contributed by atoms with Crippen LogP contribution in [0.1, 0.15) is 35.6 Å². The smallest absolute Gasteiger partial charge is 0.119 e. The Labute approximate surface area is 127 Å². The summed E-state index contributed by atoms with van der Waals surface area (Å²) in [7, 11) is 0. The van der Waals surface area contributed by atoms with Gasteiger partial charge in [-0.2, -0.15) is 0 Å². The van der Waals surface area contributed by atoms with Crippen LogP contribution in [-0.4, -0.2) is 11.2 Å². The summed E-state index contributed by atoms with van der Waals surface area (Å²) in [4.78, 5) is 0. The number of hydrogen-bond donors (Lipinski definition) is 1. The molecular weight excluding hydrogens is 316 g/mol. The van der Waals surface area contributed by atoms with Gasteiger partial charge in [0.1, 0.15) is 11.9 Å². The van der Waals surface area contributed by atoms with E-state index in [1.54, 1.807) is 0 Å². The van der Waals surface area contributed by atoms with E-state index in [-0.39, 0.29) is 0 Å². The molecule has 0 saturated heterocycles. The molecule has 3 rings (SSSR count). The van der Waals surface area contributed by atoms with E-state index in [9.17, 15) is 5.11 Å². The zero-order chi connectivity index (χ0) is 14.1. The van der Waals surface area contributed by atoms with Gasteiger partial charge in [-0.05, 0) is 54.7 Å². The quantitative estimate of drug-likeness (QED) is 0.900. The van der Waals surface area contributed by atoms with Gasteiger partial charge in [0.15, 0.2) is 0 Å². The van der Waals surface area contributed by atoms with Crippen LogP contribution in [0.2, 0.25) is 0 Å². The lowest BCUT2D eigenvalue weighted by Gasteiger charge is -2.13. The maximum Gasteiger partial charge on any atom is 0.119 e. The van der Waals surface area contributed by atoms with Gasteiger partial charge in [-0.15, -0.1) is 0 Å². The van der Waals surface area contributed by atoms with Crippen molar-refractivity contribution in [2.75, 3.05) is 0 Å². The number of aliphatic hydroxyl groups excluding tert-OH is 1. The fraction of sp³-hybridized carbons (Fsp3) is 0.294. The first kappa shape index (κ1) is 13.7. The highest BCUT2D eigenvalue weighted by atomic mass is 79.9. The van der Waals surface area contributed by atoms with E-state index in [1.165, 1.54) is 0 Å². The summed E-state index contributed by atoms with van der Waals surface area (Å²) in [6.07, 6.45) is 2.11. The second-order valence-corrected chi connectivity index (χ2v) is 6.15. The minimum atomic E-state index is -0.600. The first-order chi connectivity index (χ1) is 9.63. The van der Waals surface area contributed by atoms with Crippen molar-refractivity contribution in [1.82, 2.24) is 0 Å². The third-order valence-corrected chi connectivity index (χ3v) is 4.41. The molecule has 2 nitrogen and oxygen atoms in total. The Balaban J connectivity index is 1.78. The molecule has 2 aromatic rings. The van der Waals surface area contributed by atoms with Crippen LogP contribution in [0.15, 0.2) is 46.9 Å². The second kappa shape index (κ2) is 5.58. The van der Waals surface area contributed by atoms with E-state index in [4.69, 9.17) is 4.74 Å². The summed E-state index contributed by atoms with van der Waals surface area (Å²) < 4.78 is 6.77. The zero-order valence-electron chi connectivity index (χ0n) is 11.3. The molecule has 104 valence electrons. The van der Waals surface area contributed by atoms with Gasteiger partial charge < -0.3 is 9.84 Å². The van der Waals surface area contributed by atoms with Gasteiger partial charge in [-0.25, -0.2) is 0 Å². The molecule has 2 aromatic carbocycles. The normalized spacial score (nSPS) is 15.9. The number of aryl methyl sites for hydroxylation is 1. The van der Waals surface area contributed by atoms with Crippen molar-refractivity contribution >= 4 is 15.9 Å². The maximum atomic E-state index is 10.4. The van der Waals surface area contributed by atoms with Crippen LogP contribution in [0.5, 0.6) is 5.75 Å². The minimum absolute atomic E-state index is 0.403. The van der Waals surface area contributed by atoms with Crippen molar-refractivity contribution in [3.63, 3.8) is 0 Å². The van der Waals surface area contributed by atoms with Crippen molar-refractivity contribution in [3.8, 4) is 5.75 Å². The molecule has 1 aliphatic rings. The highest BCUT2D eigenvalue weighted by molar-refractivity contribution is 9.10. The average molecular weight is 333 g/mol. The fourth-order valence-corrected chi connectivity index (χ4v) is 2.38. The molecular formula is C17H17BrO2. The molecule has 1 fully saturated rings. The molecule has 1 unspecified atom stereocenters. The molecule has 0 aromatic heterocycles. The third kappa shape index (κ3) is 3.05. The number of halogens is 1. The molecule has 0 radical (unpaired) electrons. The van der Waals surface area contributed by atoms with Crippen molar-refractivity contribution in [3.05, 3.63) is 63.6 Å². The maximum absolute atomic E-state index is 10.4. The summed E-state index contributed by atoms with van der Waals surface area (Å²) in [5.41, 5.74) is 2.91. The van der Waals surface area contributed by atoms with Gasteiger partial charge in [0, 0.05) is 4.47 Å². The number of ether oxygens (including phenoxy) is 1. The van der Waals surface area contributed by atoms with Crippen LogP contribution in [0.3, 0.4) is 0 Å². The van der Waals surface area contributed by atoms with Crippen molar-refractivity contribution in [1.29, 1.82) is 0 Å². The van der Waals surface area contributed by atoms with Crippen LogP contribution in [0, 0.1) is 6.92 Å². The number of rotatable bonds is 4. The lowest BCUT2D eigenvalue weighted by molar-refractivity contribution is 0.220. The highest BCUT2D eigenvalue weighted by Gasteiger charge is 2.23. The predicted molar refractivity (Wildman–Crippen MR) is 83.0 cm³/mol. The van der Waals surface area contributed by atoms with Gasteiger partial charge in [-0.3, -0.25) is 0 Å². The lowest BCUT2D eigenvalue weighted by Crippen LogP contribution is -2.01. The Kier molecular flexibility index (Phi) is 3.81. The number of benzene rings is 2. The second-order valence-electron chi connectivity index (χ2n) is 5.30. The van der Waals surface area contributed by atoms with Crippen LogP contribution >= 0.6 is 15.9 Å². The Bertz CT molecular complexity index is 603. The van der Waals surface area contributed by atoms with Crippen molar-refractivity contribution in [2.24, 2.45) is 0 Å². The largest absolute Gasteiger partial charge is 0.490 e. The molecule has 20 heavy (non-hydrogen) atoms. The summed E-state index contributed by atoms with van der Waals surface area (Å²) in [5.74, 6) is 0.885. The van der Waals surface area contributed by atoms with Gasteiger partial charge in [0.25, 0.3) is 0 Å². The van der Waals surface area contributed by atoms with Gasteiger partial charge in [0.05, 0.1) is 6.10 Å². The molecule has 0 heterocycles. The van der Waals surface area contributed by atoms with Crippen molar-refractivity contribution in [2.45, 2.75) is 32.0 Å². The molecule has 1 saturated carbocycles. The monoisotopic (exact) mass is 332 g/mol. The Morgan fingerprint density at radius 1 is 1.10 bits per heavy atom. The van der Waals surface area contributed by atoms with Crippen LogP contribution in [0.25, 0.3) is 0 Å². The topological polar surface area (TPSA) is 29.5 Å². The number of aliphatic hydroxyl groups is 1. The average Bonchev–Trinajstić information content (AvgIpc) is 3.26. The minimum Gasteiger partial charge on any atom is -0.490 e. The molecule has 0 bridgehead atoms. The van der Waals surface area contributed by atoms with Crippen LogP contribution in [-0.2, 0) is 0 Å². The Morgan fingerprint density at radius 3 is 2.35 bits per heavy atom. The zero-order valence-corrected chi connectivity index (χ0v) is 12.9. The molecule has 1 atom stereocenters. The molecule has 1 N–H and O–H groups in total. The van der Waals surface area contributed by atoms with Crippen molar-refractivity contribution < 1.29 is 9.84 Å². The fourth-order valence-electron chi connectivity index (χ4n) is 2.14. The Hall–Kier alpha value is -1.32. The number of hydrogen-bond acceptors (Lipinski definition) is 2. The first-order valence-corrected chi connectivity index (χ1v) is 7.63. The van der Waals surface area contributed by atoms with E-state index in [1.807, 2.05) is 49.4 Å². The molecule has 0 aliphatic heterocycles. The lowest BCUT2D eigenvalue weighted by atomic mass is 10.00. The van der Waals surface area contributed by atoms with E-state index in [0.717, 1.165) is 39.8 Å². The molecule has 1 aliphatic carbocycles. The summed E-state index contributed by atoms with van der Waals surface area (Å²) in [5, 5.41) is 10.4. The van der Waals surface area contributed by atoms with Crippen LogP contribution in [0.4, 0.5) is 0 Å². The highest BCUT2D eigenvalue weighted by Crippen LogP contribution is 2.29. The molecule has 0 amide bonds.